The lowest BCUT2D eigenvalue weighted by atomic mass is 10.3. The van der Waals surface area contributed by atoms with Crippen molar-refractivity contribution in [1.82, 2.24) is 4.90 Å². The molecule has 0 saturated heterocycles. The lowest BCUT2D eigenvalue weighted by Crippen LogP contribution is -2.39. The van der Waals surface area contributed by atoms with E-state index in [4.69, 9.17) is 9.84 Å². The molecule has 0 saturated carbocycles. The molecule has 0 radical (unpaired) electrons. The standard InChI is InChI=1S/C11H23NO3S/c1-10(2)12(5-4-6-13)11(14)9-16-8-7-15-3/h10,13H,4-9H2,1-3H3. The van der Waals surface area contributed by atoms with E-state index in [2.05, 4.69) is 0 Å². The van der Waals surface area contributed by atoms with Crippen LogP contribution in [-0.2, 0) is 9.53 Å². The number of amides is 1. The number of methoxy groups -OCH3 is 1. The van der Waals surface area contributed by atoms with Crippen molar-refractivity contribution in [2.75, 3.05) is 38.4 Å². The van der Waals surface area contributed by atoms with E-state index >= 15 is 0 Å². The Morgan fingerprint density at radius 3 is 2.69 bits per heavy atom. The van der Waals surface area contributed by atoms with Crippen LogP contribution in [0.15, 0.2) is 0 Å². The Bertz CT molecular complexity index is 188. The highest BCUT2D eigenvalue weighted by Gasteiger charge is 2.15. The number of carbonyl (C=O) groups excluding carboxylic acids is 1. The van der Waals surface area contributed by atoms with Crippen LogP contribution in [0.3, 0.4) is 0 Å². The summed E-state index contributed by atoms with van der Waals surface area (Å²) in [6.45, 7) is 5.44. The van der Waals surface area contributed by atoms with Gasteiger partial charge in [-0.1, -0.05) is 0 Å². The molecule has 0 spiro atoms. The summed E-state index contributed by atoms with van der Waals surface area (Å²) in [7, 11) is 1.66. The number of hydrogen-bond acceptors (Lipinski definition) is 4. The quantitative estimate of drug-likeness (QED) is 0.619. The average Bonchev–Trinajstić information content (AvgIpc) is 2.24. The lowest BCUT2D eigenvalue weighted by molar-refractivity contribution is -0.130. The van der Waals surface area contributed by atoms with Crippen molar-refractivity contribution in [3.05, 3.63) is 0 Å². The van der Waals surface area contributed by atoms with Crippen molar-refractivity contribution in [3.63, 3.8) is 0 Å². The van der Waals surface area contributed by atoms with Crippen LogP contribution >= 0.6 is 11.8 Å². The fourth-order valence-corrected chi connectivity index (χ4v) is 2.07. The first-order chi connectivity index (χ1) is 7.63. The number of nitrogens with zero attached hydrogens (tertiary/aromatic N) is 1. The summed E-state index contributed by atoms with van der Waals surface area (Å²) in [5, 5.41) is 8.77. The van der Waals surface area contributed by atoms with Crippen molar-refractivity contribution in [1.29, 1.82) is 0 Å². The van der Waals surface area contributed by atoms with Crippen LogP contribution in [-0.4, -0.2) is 60.3 Å². The number of hydrogen-bond donors (Lipinski definition) is 1. The summed E-state index contributed by atoms with van der Waals surface area (Å²) in [5.74, 6) is 1.48. The number of aliphatic hydroxyl groups excluding tert-OH is 1. The SMILES string of the molecule is COCCSCC(=O)N(CCCO)C(C)C. The van der Waals surface area contributed by atoms with Gasteiger partial charge in [0, 0.05) is 32.1 Å². The van der Waals surface area contributed by atoms with Crippen LogP contribution in [0.1, 0.15) is 20.3 Å². The Morgan fingerprint density at radius 2 is 2.19 bits per heavy atom. The molecule has 16 heavy (non-hydrogen) atoms. The molecule has 4 nitrogen and oxygen atoms in total. The van der Waals surface area contributed by atoms with Crippen molar-refractivity contribution in [3.8, 4) is 0 Å². The monoisotopic (exact) mass is 249 g/mol. The van der Waals surface area contributed by atoms with E-state index in [-0.39, 0.29) is 18.6 Å². The molecule has 0 atom stereocenters. The third-order valence-electron chi connectivity index (χ3n) is 2.16. The second kappa shape index (κ2) is 9.93. The van der Waals surface area contributed by atoms with Crippen molar-refractivity contribution < 1.29 is 14.6 Å². The Kier molecular flexibility index (Phi) is 9.77. The second-order valence-corrected chi connectivity index (χ2v) is 4.91. The summed E-state index contributed by atoms with van der Waals surface area (Å²) in [6.07, 6.45) is 0.645. The number of aliphatic hydroxyl groups is 1. The van der Waals surface area contributed by atoms with Gasteiger partial charge >= 0.3 is 0 Å². The van der Waals surface area contributed by atoms with Gasteiger partial charge in [-0.25, -0.2) is 0 Å². The van der Waals surface area contributed by atoms with Gasteiger partial charge in [0.1, 0.15) is 0 Å². The lowest BCUT2D eigenvalue weighted by Gasteiger charge is -2.26. The van der Waals surface area contributed by atoms with Crippen LogP contribution in [0.5, 0.6) is 0 Å². The Morgan fingerprint density at radius 1 is 1.50 bits per heavy atom. The van der Waals surface area contributed by atoms with E-state index < -0.39 is 0 Å². The first-order valence-electron chi connectivity index (χ1n) is 5.60. The van der Waals surface area contributed by atoms with Gasteiger partial charge in [-0.05, 0) is 20.3 Å². The maximum Gasteiger partial charge on any atom is 0.232 e. The maximum atomic E-state index is 11.8. The fraction of sp³-hybridized carbons (Fsp3) is 0.909. The van der Waals surface area contributed by atoms with Gasteiger partial charge in [0.2, 0.25) is 5.91 Å². The molecule has 0 bridgehead atoms. The number of ether oxygens (including phenoxy) is 1. The zero-order valence-corrected chi connectivity index (χ0v) is 11.3. The third kappa shape index (κ3) is 7.09. The minimum absolute atomic E-state index is 0.132. The average molecular weight is 249 g/mol. The summed E-state index contributed by atoms with van der Waals surface area (Å²) >= 11 is 1.59. The zero-order valence-electron chi connectivity index (χ0n) is 10.4. The third-order valence-corrected chi connectivity index (χ3v) is 3.06. The number of carbonyl (C=O) groups is 1. The minimum atomic E-state index is 0.132. The Hall–Kier alpha value is -0.260. The predicted octanol–water partition coefficient (Wildman–Crippen LogP) is 0.985. The topological polar surface area (TPSA) is 49.8 Å². The van der Waals surface area contributed by atoms with E-state index in [1.54, 1.807) is 18.9 Å². The van der Waals surface area contributed by atoms with Crippen LogP contribution in [0.4, 0.5) is 0 Å². The zero-order chi connectivity index (χ0) is 12.4. The molecule has 1 amide bonds. The van der Waals surface area contributed by atoms with Crippen LogP contribution < -0.4 is 0 Å². The highest BCUT2D eigenvalue weighted by molar-refractivity contribution is 7.99. The van der Waals surface area contributed by atoms with Gasteiger partial charge in [-0.3, -0.25) is 4.79 Å². The molecule has 0 unspecified atom stereocenters. The summed E-state index contributed by atoms with van der Waals surface area (Å²) in [6, 6.07) is 0.196. The van der Waals surface area contributed by atoms with E-state index in [0.29, 0.717) is 25.3 Å². The highest BCUT2D eigenvalue weighted by atomic mass is 32.2. The summed E-state index contributed by atoms with van der Waals surface area (Å²) in [5.41, 5.74) is 0. The molecule has 96 valence electrons. The summed E-state index contributed by atoms with van der Waals surface area (Å²) in [4.78, 5) is 13.7. The van der Waals surface area contributed by atoms with Crippen LogP contribution in [0.2, 0.25) is 0 Å². The highest BCUT2D eigenvalue weighted by Crippen LogP contribution is 2.06. The molecule has 0 aliphatic carbocycles. The molecule has 0 aromatic carbocycles. The second-order valence-electron chi connectivity index (χ2n) is 3.80. The van der Waals surface area contributed by atoms with Crippen molar-refractivity contribution in [2.45, 2.75) is 26.3 Å². The molecule has 0 aliphatic heterocycles. The first kappa shape index (κ1) is 15.7. The largest absolute Gasteiger partial charge is 0.396 e. The predicted molar refractivity (Wildman–Crippen MR) is 67.8 cm³/mol. The molecule has 1 N–H and O–H groups in total. The number of rotatable bonds is 9. The van der Waals surface area contributed by atoms with E-state index in [9.17, 15) is 4.79 Å². The van der Waals surface area contributed by atoms with Crippen molar-refractivity contribution >= 4 is 17.7 Å². The van der Waals surface area contributed by atoms with Gasteiger partial charge in [-0.15, -0.1) is 11.8 Å². The van der Waals surface area contributed by atoms with E-state index in [1.165, 1.54) is 0 Å². The molecule has 5 heteroatoms. The molecule has 0 aromatic rings. The smallest absolute Gasteiger partial charge is 0.232 e. The van der Waals surface area contributed by atoms with Crippen LogP contribution in [0.25, 0.3) is 0 Å². The van der Waals surface area contributed by atoms with Gasteiger partial charge in [0.05, 0.1) is 12.4 Å². The molecular formula is C11H23NO3S. The van der Waals surface area contributed by atoms with Gasteiger partial charge in [0.25, 0.3) is 0 Å². The Balaban J connectivity index is 3.87. The minimum Gasteiger partial charge on any atom is -0.396 e. The fourth-order valence-electron chi connectivity index (χ4n) is 1.30. The van der Waals surface area contributed by atoms with Gasteiger partial charge < -0.3 is 14.7 Å². The molecule has 0 aromatic heterocycles. The molecule has 0 aliphatic rings. The number of thioether (sulfide) groups is 1. The first-order valence-corrected chi connectivity index (χ1v) is 6.76. The normalized spacial score (nSPS) is 10.8. The van der Waals surface area contributed by atoms with E-state index in [0.717, 1.165) is 5.75 Å². The van der Waals surface area contributed by atoms with E-state index in [1.807, 2.05) is 18.7 Å². The Labute approximate surface area is 102 Å². The molecule has 0 fully saturated rings. The molecular weight excluding hydrogens is 226 g/mol. The summed E-state index contributed by atoms with van der Waals surface area (Å²) < 4.78 is 4.92. The molecule has 0 rings (SSSR count). The molecule has 0 heterocycles. The van der Waals surface area contributed by atoms with Crippen LogP contribution in [0, 0.1) is 0 Å². The van der Waals surface area contributed by atoms with Crippen molar-refractivity contribution in [2.24, 2.45) is 0 Å². The maximum absolute atomic E-state index is 11.8. The van der Waals surface area contributed by atoms with Gasteiger partial charge in [0.15, 0.2) is 0 Å². The van der Waals surface area contributed by atoms with Gasteiger partial charge in [-0.2, -0.15) is 0 Å².